The minimum atomic E-state index is 0.114. The lowest BCUT2D eigenvalue weighted by Crippen LogP contribution is -2.09. The van der Waals surface area contributed by atoms with Crippen molar-refractivity contribution in [1.82, 2.24) is 4.98 Å². The fraction of sp³-hybridized carbons (Fsp3) is 0.292. The number of benzene rings is 1. The molecule has 2 heterocycles. The van der Waals surface area contributed by atoms with Crippen LogP contribution < -0.4 is 0 Å². The van der Waals surface area contributed by atoms with Crippen LogP contribution in [0.5, 0.6) is 0 Å². The number of aliphatic imine (C=N–C) groups is 1. The maximum atomic E-state index is 12.4. The van der Waals surface area contributed by atoms with Gasteiger partial charge in [-0.2, -0.15) is 0 Å². The summed E-state index contributed by atoms with van der Waals surface area (Å²) in [4.78, 5) is 22.5. The smallest absolute Gasteiger partial charge is 0.176 e. The Bertz CT molecular complexity index is 931. The van der Waals surface area contributed by atoms with Gasteiger partial charge in [0.05, 0.1) is 5.71 Å². The summed E-state index contributed by atoms with van der Waals surface area (Å²) in [5.74, 6) is 0.749. The van der Waals surface area contributed by atoms with Gasteiger partial charge in [0.15, 0.2) is 11.6 Å². The van der Waals surface area contributed by atoms with Crippen LogP contribution in [0.1, 0.15) is 43.7 Å². The summed E-state index contributed by atoms with van der Waals surface area (Å²) in [5, 5.41) is 2.05. The lowest BCUT2D eigenvalue weighted by atomic mass is 10.0. The number of rotatable bonds is 9. The van der Waals surface area contributed by atoms with Crippen LogP contribution in [-0.2, 0) is 11.2 Å². The van der Waals surface area contributed by atoms with Crippen molar-refractivity contribution in [3.63, 3.8) is 0 Å². The van der Waals surface area contributed by atoms with E-state index in [0.717, 1.165) is 36.8 Å². The van der Waals surface area contributed by atoms with Crippen LogP contribution in [0.4, 0.5) is 5.82 Å². The van der Waals surface area contributed by atoms with E-state index < -0.39 is 0 Å². The van der Waals surface area contributed by atoms with Gasteiger partial charge >= 0.3 is 0 Å². The molecule has 0 saturated heterocycles. The van der Waals surface area contributed by atoms with Gasteiger partial charge in [0, 0.05) is 23.1 Å². The predicted molar refractivity (Wildman–Crippen MR) is 119 cm³/mol. The Morgan fingerprint density at radius 1 is 1.07 bits per heavy atom. The molecule has 0 bridgehead atoms. The Morgan fingerprint density at radius 3 is 2.61 bits per heavy atom. The Kier molecular flexibility index (Phi) is 7.26. The van der Waals surface area contributed by atoms with Crippen LogP contribution in [0.3, 0.4) is 0 Å². The number of pyridine rings is 1. The van der Waals surface area contributed by atoms with Crippen molar-refractivity contribution in [2.45, 2.75) is 46.0 Å². The molecule has 1 aromatic carbocycles. The first-order valence-electron chi connectivity index (χ1n) is 9.76. The molecule has 3 nitrogen and oxygen atoms in total. The summed E-state index contributed by atoms with van der Waals surface area (Å²) in [6.07, 6.45) is 6.53. The molecule has 3 aromatic rings. The highest BCUT2D eigenvalue weighted by Crippen LogP contribution is 2.27. The normalized spacial score (nSPS) is 11.6. The monoisotopic (exact) mass is 390 g/mol. The number of hydrogen-bond donors (Lipinski definition) is 0. The van der Waals surface area contributed by atoms with Gasteiger partial charge in [-0.3, -0.25) is 4.79 Å². The van der Waals surface area contributed by atoms with E-state index in [0.29, 0.717) is 18.0 Å². The van der Waals surface area contributed by atoms with E-state index in [4.69, 9.17) is 0 Å². The number of Topliss-reactive ketones (excluding diaryl/α,β-unsaturated/α-hetero) is 1. The van der Waals surface area contributed by atoms with Gasteiger partial charge in [-0.15, -0.1) is 11.3 Å². The molecule has 0 aliphatic carbocycles. The molecule has 3 rings (SSSR count). The number of nitrogens with zero attached hydrogens (tertiary/aromatic N) is 2. The number of hydrogen-bond acceptors (Lipinski definition) is 4. The number of ketones is 1. The summed E-state index contributed by atoms with van der Waals surface area (Å²) in [5.41, 5.74) is 3.98. The fourth-order valence-corrected chi connectivity index (χ4v) is 3.81. The Labute approximate surface area is 171 Å². The first kappa shape index (κ1) is 20.2. The van der Waals surface area contributed by atoms with Crippen molar-refractivity contribution in [2.75, 3.05) is 0 Å². The summed E-state index contributed by atoms with van der Waals surface area (Å²) in [6.45, 7) is 3.78. The zero-order valence-electron chi connectivity index (χ0n) is 16.5. The molecule has 2 aromatic heterocycles. The molecule has 144 valence electrons. The minimum absolute atomic E-state index is 0.114. The molecular formula is C24H26N2OS. The van der Waals surface area contributed by atoms with E-state index in [9.17, 15) is 4.79 Å². The number of unbranched alkanes of at least 4 members (excludes halogenated alkanes) is 2. The molecule has 0 amide bonds. The van der Waals surface area contributed by atoms with Crippen molar-refractivity contribution < 1.29 is 4.79 Å². The van der Waals surface area contributed by atoms with Crippen LogP contribution in [0.2, 0.25) is 0 Å². The van der Waals surface area contributed by atoms with Gasteiger partial charge in [0.1, 0.15) is 0 Å². The standard InChI is InChI=1S/C24H26N2OS/c1-18-16-21(23-14-9-15-28-23)17-25-24(18)26-19(2)22(27)13-8-4-7-12-20-10-5-3-6-11-20/h3,5-6,9-11,14-17H,4,7-8,12-13H2,1-2H3/b26-19+. The molecule has 28 heavy (non-hydrogen) atoms. The maximum absolute atomic E-state index is 12.4. The Balaban J connectivity index is 1.49. The van der Waals surface area contributed by atoms with Crippen LogP contribution >= 0.6 is 11.3 Å². The number of thiophene rings is 1. The number of carbonyl (C=O) groups is 1. The third-order valence-electron chi connectivity index (χ3n) is 4.75. The minimum Gasteiger partial charge on any atom is -0.293 e. The Morgan fingerprint density at radius 2 is 1.89 bits per heavy atom. The van der Waals surface area contributed by atoms with E-state index in [2.05, 4.69) is 51.8 Å². The average molecular weight is 391 g/mol. The summed E-state index contributed by atoms with van der Waals surface area (Å²) in [6, 6.07) is 16.7. The molecule has 4 heteroatoms. The van der Waals surface area contributed by atoms with Crippen LogP contribution in [0.25, 0.3) is 10.4 Å². The summed E-state index contributed by atoms with van der Waals surface area (Å²) < 4.78 is 0. The second kappa shape index (κ2) is 10.1. The molecule has 0 spiro atoms. The molecule has 0 fully saturated rings. The fourth-order valence-electron chi connectivity index (χ4n) is 3.10. The highest BCUT2D eigenvalue weighted by atomic mass is 32.1. The molecule has 0 radical (unpaired) electrons. The highest BCUT2D eigenvalue weighted by Gasteiger charge is 2.09. The van der Waals surface area contributed by atoms with Gasteiger partial charge in [0.25, 0.3) is 0 Å². The molecule has 0 saturated carbocycles. The maximum Gasteiger partial charge on any atom is 0.176 e. The van der Waals surface area contributed by atoms with Crippen molar-refractivity contribution in [3.05, 3.63) is 71.2 Å². The Hall–Kier alpha value is -2.59. The van der Waals surface area contributed by atoms with Crippen molar-refractivity contribution in [1.29, 1.82) is 0 Å². The second-order valence-corrected chi connectivity index (χ2v) is 7.96. The zero-order valence-corrected chi connectivity index (χ0v) is 17.3. The lowest BCUT2D eigenvalue weighted by Gasteiger charge is -2.05. The summed E-state index contributed by atoms with van der Waals surface area (Å²) >= 11 is 1.69. The van der Waals surface area contributed by atoms with Gasteiger partial charge < -0.3 is 0 Å². The highest BCUT2D eigenvalue weighted by molar-refractivity contribution is 7.13. The second-order valence-electron chi connectivity index (χ2n) is 7.01. The van der Waals surface area contributed by atoms with Gasteiger partial charge in [-0.05, 0) is 61.7 Å². The van der Waals surface area contributed by atoms with Gasteiger partial charge in [-0.25, -0.2) is 9.98 Å². The van der Waals surface area contributed by atoms with Crippen molar-refractivity contribution >= 4 is 28.6 Å². The van der Waals surface area contributed by atoms with E-state index in [1.165, 1.54) is 10.4 Å². The zero-order chi connectivity index (χ0) is 19.8. The van der Waals surface area contributed by atoms with E-state index in [-0.39, 0.29) is 5.78 Å². The topological polar surface area (TPSA) is 42.3 Å². The van der Waals surface area contributed by atoms with E-state index in [1.807, 2.05) is 25.3 Å². The molecule has 0 unspecified atom stereocenters. The van der Waals surface area contributed by atoms with E-state index >= 15 is 0 Å². The first-order chi connectivity index (χ1) is 13.6. The number of aryl methyl sites for hydroxylation is 2. The SMILES string of the molecule is C/C(=N\c1ncc(-c2cccs2)cc1C)C(=O)CCCCCc1ccccc1. The lowest BCUT2D eigenvalue weighted by molar-refractivity contribution is -0.113. The third kappa shape index (κ3) is 5.70. The molecule has 0 N–H and O–H groups in total. The number of aromatic nitrogens is 1. The van der Waals surface area contributed by atoms with Crippen molar-refractivity contribution in [2.24, 2.45) is 4.99 Å². The first-order valence-corrected chi connectivity index (χ1v) is 10.6. The molecule has 0 aliphatic heterocycles. The predicted octanol–water partition coefficient (Wildman–Crippen LogP) is 6.58. The van der Waals surface area contributed by atoms with Crippen LogP contribution in [0, 0.1) is 6.92 Å². The van der Waals surface area contributed by atoms with Gasteiger partial charge in [0.2, 0.25) is 0 Å². The summed E-state index contributed by atoms with van der Waals surface area (Å²) in [7, 11) is 0. The molecular weight excluding hydrogens is 364 g/mol. The average Bonchev–Trinajstić information content (AvgIpc) is 3.24. The molecule has 0 atom stereocenters. The van der Waals surface area contributed by atoms with Crippen molar-refractivity contribution in [3.8, 4) is 10.4 Å². The third-order valence-corrected chi connectivity index (χ3v) is 5.66. The molecule has 0 aliphatic rings. The quantitative estimate of drug-likeness (QED) is 0.306. The van der Waals surface area contributed by atoms with Gasteiger partial charge in [-0.1, -0.05) is 42.8 Å². The van der Waals surface area contributed by atoms with E-state index in [1.54, 1.807) is 18.3 Å². The van der Waals surface area contributed by atoms with Crippen LogP contribution in [0.15, 0.2) is 65.1 Å². The van der Waals surface area contributed by atoms with Crippen LogP contribution in [-0.4, -0.2) is 16.5 Å². The number of carbonyl (C=O) groups excluding carboxylic acids is 1. The largest absolute Gasteiger partial charge is 0.293 e.